The smallest absolute Gasteiger partial charge is 0.191 e. The van der Waals surface area contributed by atoms with E-state index in [1.807, 2.05) is 19.1 Å². The molecule has 1 aliphatic rings. The van der Waals surface area contributed by atoms with Gasteiger partial charge in [-0.25, -0.2) is 13.4 Å². The number of aromatic nitrogens is 3. The zero-order chi connectivity index (χ0) is 20.7. The number of halogens is 1. The van der Waals surface area contributed by atoms with E-state index in [0.29, 0.717) is 18.0 Å². The second kappa shape index (κ2) is 11.6. The molecular weight excluding hydrogens is 515 g/mol. The van der Waals surface area contributed by atoms with Crippen LogP contribution in [0.1, 0.15) is 43.4 Å². The molecule has 0 bridgehead atoms. The lowest BCUT2D eigenvalue weighted by Crippen LogP contribution is -2.38. The highest BCUT2D eigenvalue weighted by molar-refractivity contribution is 14.0. The molecule has 166 valence electrons. The minimum atomic E-state index is -3.16. The molecule has 2 N–H and O–H groups in total. The molecule has 1 aromatic carbocycles. The van der Waals surface area contributed by atoms with Gasteiger partial charge in [0.25, 0.3) is 0 Å². The lowest BCUT2D eigenvalue weighted by atomic mass is 10.1. The van der Waals surface area contributed by atoms with Crippen molar-refractivity contribution in [1.82, 2.24) is 25.4 Å². The van der Waals surface area contributed by atoms with Crippen LogP contribution in [0.25, 0.3) is 0 Å². The van der Waals surface area contributed by atoms with Gasteiger partial charge in [-0.2, -0.15) is 0 Å². The summed E-state index contributed by atoms with van der Waals surface area (Å²) >= 11 is 0. The summed E-state index contributed by atoms with van der Waals surface area (Å²) in [6, 6.07) is 7.02. The number of hydrogen-bond acceptors (Lipinski definition) is 5. The van der Waals surface area contributed by atoms with Gasteiger partial charge in [-0.1, -0.05) is 18.6 Å². The lowest BCUT2D eigenvalue weighted by Gasteiger charge is -2.12. The van der Waals surface area contributed by atoms with Gasteiger partial charge >= 0.3 is 0 Å². The first-order valence-corrected chi connectivity index (χ1v) is 12.1. The molecule has 0 saturated heterocycles. The Hall–Kier alpha value is -1.69. The molecule has 8 nitrogen and oxygen atoms in total. The number of benzene rings is 1. The summed E-state index contributed by atoms with van der Waals surface area (Å²) in [5, 5.41) is 15.2. The van der Waals surface area contributed by atoms with Gasteiger partial charge in [0.15, 0.2) is 21.6 Å². The van der Waals surface area contributed by atoms with Gasteiger partial charge in [0.1, 0.15) is 12.4 Å². The number of guanidine groups is 1. The maximum Gasteiger partial charge on any atom is 0.191 e. The maximum absolute atomic E-state index is 11.5. The predicted octanol–water partition coefficient (Wildman–Crippen LogP) is 2.32. The Balaban J connectivity index is 0.00000320. The second-order valence-corrected chi connectivity index (χ2v) is 9.30. The topological polar surface area (TPSA) is 101 Å². The van der Waals surface area contributed by atoms with Crippen molar-refractivity contribution >= 4 is 39.8 Å². The summed E-state index contributed by atoms with van der Waals surface area (Å²) in [7, 11) is -3.16. The summed E-state index contributed by atoms with van der Waals surface area (Å²) in [6.07, 6.45) is 6.56. The molecule has 0 aliphatic carbocycles. The van der Waals surface area contributed by atoms with E-state index in [0.717, 1.165) is 55.5 Å². The number of hydrogen-bond donors (Lipinski definition) is 2. The Morgan fingerprint density at radius 3 is 2.60 bits per heavy atom. The van der Waals surface area contributed by atoms with Crippen molar-refractivity contribution < 1.29 is 8.42 Å². The van der Waals surface area contributed by atoms with E-state index in [-0.39, 0.29) is 24.0 Å². The predicted molar refractivity (Wildman–Crippen MR) is 129 cm³/mol. The average molecular weight is 546 g/mol. The number of sulfone groups is 1. The van der Waals surface area contributed by atoms with Crippen molar-refractivity contribution in [1.29, 1.82) is 0 Å². The molecule has 0 fully saturated rings. The Kier molecular flexibility index (Phi) is 9.53. The number of aliphatic imine (C=N–C) groups is 1. The van der Waals surface area contributed by atoms with Crippen LogP contribution >= 0.6 is 24.0 Å². The number of nitrogens with zero attached hydrogens (tertiary/aromatic N) is 4. The number of rotatable bonds is 7. The van der Waals surface area contributed by atoms with Crippen molar-refractivity contribution in [3.8, 4) is 0 Å². The van der Waals surface area contributed by atoms with Crippen LogP contribution in [-0.4, -0.2) is 48.5 Å². The molecule has 10 heteroatoms. The third kappa shape index (κ3) is 6.93. The summed E-state index contributed by atoms with van der Waals surface area (Å²) in [5.74, 6) is 2.73. The molecule has 0 saturated carbocycles. The van der Waals surface area contributed by atoms with Crippen molar-refractivity contribution in [2.45, 2.75) is 57.0 Å². The van der Waals surface area contributed by atoms with E-state index in [9.17, 15) is 8.42 Å². The fourth-order valence-electron chi connectivity index (χ4n) is 3.38. The zero-order valence-electron chi connectivity index (χ0n) is 17.6. The van der Waals surface area contributed by atoms with Crippen LogP contribution in [0, 0.1) is 0 Å². The highest BCUT2D eigenvalue weighted by Gasteiger charge is 2.14. The Morgan fingerprint density at radius 2 is 1.90 bits per heavy atom. The third-order valence-corrected chi connectivity index (χ3v) is 6.10. The van der Waals surface area contributed by atoms with E-state index < -0.39 is 9.84 Å². The van der Waals surface area contributed by atoms with E-state index in [2.05, 4.69) is 30.4 Å². The molecule has 1 aromatic heterocycles. The molecular formula is C20H31IN6O2S. The van der Waals surface area contributed by atoms with E-state index in [4.69, 9.17) is 0 Å². The van der Waals surface area contributed by atoms with Crippen LogP contribution in [0.4, 0.5) is 0 Å². The lowest BCUT2D eigenvalue weighted by molar-refractivity contribution is 0.602. The highest BCUT2D eigenvalue weighted by Crippen LogP contribution is 2.15. The molecule has 0 atom stereocenters. The van der Waals surface area contributed by atoms with Gasteiger partial charge < -0.3 is 15.2 Å². The molecule has 30 heavy (non-hydrogen) atoms. The highest BCUT2D eigenvalue weighted by atomic mass is 127. The quantitative estimate of drug-likeness (QED) is 0.314. The number of aryl methyl sites for hydroxylation is 1. The summed E-state index contributed by atoms with van der Waals surface area (Å²) in [5.41, 5.74) is 1.07. The van der Waals surface area contributed by atoms with Gasteiger partial charge in [-0.15, -0.1) is 34.2 Å². The van der Waals surface area contributed by atoms with Crippen LogP contribution in [0.3, 0.4) is 0 Å². The fraction of sp³-hybridized carbons (Fsp3) is 0.550. The van der Waals surface area contributed by atoms with E-state index in [1.165, 1.54) is 19.1 Å². The van der Waals surface area contributed by atoms with Crippen LogP contribution < -0.4 is 10.6 Å². The second-order valence-electron chi connectivity index (χ2n) is 7.28. The molecule has 0 radical (unpaired) electrons. The van der Waals surface area contributed by atoms with Crippen LogP contribution in [0.5, 0.6) is 0 Å². The Morgan fingerprint density at radius 1 is 1.13 bits per heavy atom. The minimum absolute atomic E-state index is 0. The summed E-state index contributed by atoms with van der Waals surface area (Å²) < 4.78 is 25.3. The van der Waals surface area contributed by atoms with Crippen molar-refractivity contribution in [2.24, 2.45) is 4.99 Å². The largest absolute Gasteiger partial charge is 0.357 e. The molecule has 0 spiro atoms. The third-order valence-electron chi connectivity index (χ3n) is 4.97. The summed E-state index contributed by atoms with van der Waals surface area (Å²) in [6.45, 7) is 4.96. The molecule has 0 amide bonds. The van der Waals surface area contributed by atoms with Crippen molar-refractivity contribution in [2.75, 3.05) is 19.3 Å². The van der Waals surface area contributed by atoms with E-state index >= 15 is 0 Å². The fourth-order valence-corrected chi connectivity index (χ4v) is 4.01. The number of nitrogens with one attached hydrogen (secondary N) is 2. The normalized spacial score (nSPS) is 14.4. The number of fused-ring (bicyclic) bond motifs is 1. The van der Waals surface area contributed by atoms with Gasteiger partial charge in [0, 0.05) is 32.3 Å². The molecule has 2 aromatic rings. The van der Waals surface area contributed by atoms with Gasteiger partial charge in [-0.3, -0.25) is 0 Å². The Labute approximate surface area is 195 Å². The first-order valence-electron chi connectivity index (χ1n) is 10.2. The monoisotopic (exact) mass is 546 g/mol. The summed E-state index contributed by atoms with van der Waals surface area (Å²) in [4.78, 5) is 5.01. The van der Waals surface area contributed by atoms with Gasteiger partial charge in [-0.05, 0) is 43.9 Å². The molecule has 0 unspecified atom stereocenters. The van der Waals surface area contributed by atoms with Crippen molar-refractivity contribution in [3.63, 3.8) is 0 Å². The average Bonchev–Trinajstić information content (AvgIpc) is 2.92. The van der Waals surface area contributed by atoms with Crippen molar-refractivity contribution in [3.05, 3.63) is 41.5 Å². The molecule has 2 heterocycles. The minimum Gasteiger partial charge on any atom is -0.357 e. The maximum atomic E-state index is 11.5. The zero-order valence-corrected chi connectivity index (χ0v) is 20.7. The standard InChI is InChI=1S/C20H30N6O2S.HI/c1-3-21-20(22-13-12-16-8-10-17(11-9-16)29(2,27)28)23-15-19-25-24-18-7-5-4-6-14-26(18)19;/h8-11H,3-7,12-15H2,1-2H3,(H2,21,22,23);1H. The first-order chi connectivity index (χ1) is 14.0. The van der Waals surface area contributed by atoms with Gasteiger partial charge in [0.05, 0.1) is 4.90 Å². The first kappa shape index (κ1) is 24.6. The van der Waals surface area contributed by atoms with Crippen LogP contribution in [0.15, 0.2) is 34.2 Å². The SMILES string of the molecule is CCNC(=NCc1nnc2n1CCCCC2)NCCc1ccc(S(C)(=O)=O)cc1.I. The van der Waals surface area contributed by atoms with E-state index in [1.54, 1.807) is 12.1 Å². The Bertz CT molecular complexity index is 941. The van der Waals surface area contributed by atoms with Crippen LogP contribution in [0.2, 0.25) is 0 Å². The molecule has 1 aliphatic heterocycles. The molecule has 3 rings (SSSR count). The van der Waals surface area contributed by atoms with Gasteiger partial charge in [0.2, 0.25) is 0 Å². The van der Waals surface area contributed by atoms with Crippen LogP contribution in [-0.2, 0) is 35.8 Å².